The van der Waals surface area contributed by atoms with Crippen molar-refractivity contribution in [3.05, 3.63) is 72.3 Å². The number of methoxy groups -OCH3 is 1. The Hall–Kier alpha value is -3.34. The number of hydrogen-bond donors (Lipinski definition) is 2. The quantitative estimate of drug-likeness (QED) is 0.537. The minimum absolute atomic E-state index is 0.142. The molecule has 3 aromatic rings. The first-order chi connectivity index (χ1) is 12.3. The van der Waals surface area contributed by atoms with Crippen molar-refractivity contribution in [1.82, 2.24) is 5.43 Å². The maximum Gasteiger partial charge on any atom is 0.259 e. The van der Waals surface area contributed by atoms with Crippen LogP contribution in [0.4, 0.5) is 5.69 Å². The minimum atomic E-state index is -0.216. The zero-order chi connectivity index (χ0) is 17.5. The molecule has 126 valence electrons. The van der Waals surface area contributed by atoms with E-state index in [1.54, 1.807) is 13.3 Å². The number of amides is 1. The number of anilines is 1. The smallest absolute Gasteiger partial charge is 0.259 e. The number of carbonyl (C=O) groups is 1. The van der Waals surface area contributed by atoms with Gasteiger partial charge in [0.05, 0.1) is 19.9 Å². The Kier molecular flexibility index (Phi) is 5.26. The number of ether oxygens (including phenoxy) is 1. The van der Waals surface area contributed by atoms with Gasteiger partial charge in [-0.2, -0.15) is 5.10 Å². The molecule has 25 heavy (non-hydrogen) atoms. The van der Waals surface area contributed by atoms with Crippen LogP contribution in [0.3, 0.4) is 0 Å². The van der Waals surface area contributed by atoms with Gasteiger partial charge in [0.1, 0.15) is 5.75 Å². The Labute approximate surface area is 146 Å². The molecule has 3 aromatic carbocycles. The van der Waals surface area contributed by atoms with Gasteiger partial charge in [-0.05, 0) is 29.1 Å². The van der Waals surface area contributed by atoms with E-state index in [2.05, 4.69) is 15.8 Å². The highest BCUT2D eigenvalue weighted by molar-refractivity contribution is 5.95. The highest BCUT2D eigenvalue weighted by atomic mass is 16.5. The molecule has 0 aromatic heterocycles. The van der Waals surface area contributed by atoms with E-state index in [4.69, 9.17) is 4.74 Å². The fourth-order valence-electron chi connectivity index (χ4n) is 2.50. The van der Waals surface area contributed by atoms with Crippen LogP contribution in [0.2, 0.25) is 0 Å². The molecule has 0 saturated carbocycles. The molecule has 0 radical (unpaired) electrons. The van der Waals surface area contributed by atoms with Crippen molar-refractivity contribution in [2.24, 2.45) is 5.10 Å². The molecule has 0 unspecified atom stereocenters. The molecule has 3 rings (SSSR count). The van der Waals surface area contributed by atoms with Crippen molar-refractivity contribution in [2.45, 2.75) is 0 Å². The van der Waals surface area contributed by atoms with Crippen LogP contribution in [-0.4, -0.2) is 25.8 Å². The summed E-state index contributed by atoms with van der Waals surface area (Å²) in [6, 6.07) is 21.4. The largest absolute Gasteiger partial charge is 0.497 e. The Morgan fingerprint density at radius 1 is 1.08 bits per heavy atom. The second kappa shape index (κ2) is 7.97. The highest BCUT2D eigenvalue weighted by Gasteiger charge is 2.03. The monoisotopic (exact) mass is 333 g/mol. The van der Waals surface area contributed by atoms with E-state index >= 15 is 0 Å². The molecular weight excluding hydrogens is 314 g/mol. The SMILES string of the molecule is COc1cccc(/C=N/NC(=O)CNc2cccc3ccccc23)c1. The highest BCUT2D eigenvalue weighted by Crippen LogP contribution is 2.22. The summed E-state index contributed by atoms with van der Waals surface area (Å²) in [7, 11) is 1.61. The number of rotatable bonds is 6. The molecule has 0 spiro atoms. The van der Waals surface area contributed by atoms with E-state index in [9.17, 15) is 4.79 Å². The lowest BCUT2D eigenvalue weighted by Gasteiger charge is -2.08. The third-order valence-electron chi connectivity index (χ3n) is 3.73. The van der Waals surface area contributed by atoms with Crippen LogP contribution >= 0.6 is 0 Å². The number of benzene rings is 3. The summed E-state index contributed by atoms with van der Waals surface area (Å²) in [5.41, 5.74) is 4.28. The number of hydrogen-bond acceptors (Lipinski definition) is 4. The predicted molar refractivity (Wildman–Crippen MR) is 101 cm³/mol. The Bertz CT molecular complexity index is 901. The topological polar surface area (TPSA) is 62.7 Å². The molecule has 5 nitrogen and oxygen atoms in total. The van der Waals surface area contributed by atoms with Crippen molar-refractivity contribution in [2.75, 3.05) is 19.0 Å². The van der Waals surface area contributed by atoms with E-state index in [-0.39, 0.29) is 12.5 Å². The third-order valence-corrected chi connectivity index (χ3v) is 3.73. The van der Waals surface area contributed by atoms with Gasteiger partial charge in [0.2, 0.25) is 0 Å². The molecule has 1 amide bonds. The van der Waals surface area contributed by atoms with E-state index in [0.29, 0.717) is 0 Å². The molecule has 0 aliphatic heterocycles. The van der Waals surface area contributed by atoms with Gasteiger partial charge in [-0.3, -0.25) is 4.79 Å². The molecule has 0 fully saturated rings. The fourth-order valence-corrected chi connectivity index (χ4v) is 2.50. The van der Waals surface area contributed by atoms with Crippen LogP contribution in [0.5, 0.6) is 5.75 Å². The van der Waals surface area contributed by atoms with E-state index in [1.165, 1.54) is 0 Å². The molecule has 0 aliphatic rings. The molecule has 5 heteroatoms. The maximum absolute atomic E-state index is 12.0. The van der Waals surface area contributed by atoms with Crippen LogP contribution in [0, 0.1) is 0 Å². The van der Waals surface area contributed by atoms with Gasteiger partial charge >= 0.3 is 0 Å². The average molecular weight is 333 g/mol. The first kappa shape index (κ1) is 16.5. The first-order valence-electron chi connectivity index (χ1n) is 7.94. The number of hydrazone groups is 1. The third kappa shape index (κ3) is 4.35. The first-order valence-corrected chi connectivity index (χ1v) is 7.94. The van der Waals surface area contributed by atoms with Crippen LogP contribution in [-0.2, 0) is 4.79 Å². The lowest BCUT2D eigenvalue weighted by atomic mass is 10.1. The standard InChI is InChI=1S/C20H19N3O2/c1-25-17-9-4-6-15(12-17)13-22-23-20(24)14-21-19-11-5-8-16-7-2-3-10-18(16)19/h2-13,21H,14H2,1H3,(H,23,24)/b22-13+. The summed E-state index contributed by atoms with van der Waals surface area (Å²) in [5.74, 6) is 0.528. The van der Waals surface area contributed by atoms with Gasteiger partial charge in [-0.1, -0.05) is 48.5 Å². The number of nitrogens with zero attached hydrogens (tertiary/aromatic N) is 1. The van der Waals surface area contributed by atoms with Gasteiger partial charge in [0.25, 0.3) is 5.91 Å². The van der Waals surface area contributed by atoms with Gasteiger partial charge in [-0.25, -0.2) is 5.43 Å². The van der Waals surface area contributed by atoms with Gasteiger partial charge < -0.3 is 10.1 Å². The summed E-state index contributed by atoms with van der Waals surface area (Å²) in [6.45, 7) is 0.142. The van der Waals surface area contributed by atoms with Gasteiger partial charge in [-0.15, -0.1) is 0 Å². The summed E-state index contributed by atoms with van der Waals surface area (Å²) in [6.07, 6.45) is 1.58. The molecule has 2 N–H and O–H groups in total. The van der Waals surface area contributed by atoms with Crippen LogP contribution < -0.4 is 15.5 Å². The molecular formula is C20H19N3O2. The normalized spacial score (nSPS) is 10.8. The maximum atomic E-state index is 12.0. The second-order valence-corrected chi connectivity index (χ2v) is 5.45. The predicted octanol–water partition coefficient (Wildman–Crippen LogP) is 3.41. The average Bonchev–Trinajstić information content (AvgIpc) is 2.66. The molecule has 0 aliphatic carbocycles. The zero-order valence-electron chi connectivity index (χ0n) is 13.9. The van der Waals surface area contributed by atoms with Gasteiger partial charge in [0.15, 0.2) is 0 Å². The van der Waals surface area contributed by atoms with Crippen LogP contribution in [0.1, 0.15) is 5.56 Å². The van der Waals surface area contributed by atoms with Crippen molar-refractivity contribution < 1.29 is 9.53 Å². The minimum Gasteiger partial charge on any atom is -0.497 e. The van der Waals surface area contributed by atoms with Crippen molar-refractivity contribution in [3.63, 3.8) is 0 Å². The molecule has 0 saturated heterocycles. The Morgan fingerprint density at radius 2 is 1.88 bits per heavy atom. The summed E-state index contributed by atoms with van der Waals surface area (Å²) in [4.78, 5) is 12.0. The van der Waals surface area contributed by atoms with E-state index in [0.717, 1.165) is 27.8 Å². The number of fused-ring (bicyclic) bond motifs is 1. The lowest BCUT2D eigenvalue weighted by Crippen LogP contribution is -2.25. The zero-order valence-corrected chi connectivity index (χ0v) is 13.9. The molecule has 0 atom stereocenters. The van der Waals surface area contributed by atoms with E-state index in [1.807, 2.05) is 66.7 Å². The lowest BCUT2D eigenvalue weighted by molar-refractivity contribution is -0.119. The second-order valence-electron chi connectivity index (χ2n) is 5.45. The Morgan fingerprint density at radius 3 is 2.76 bits per heavy atom. The van der Waals surface area contributed by atoms with Crippen LogP contribution in [0.15, 0.2) is 71.8 Å². The summed E-state index contributed by atoms with van der Waals surface area (Å²) in [5, 5.41) is 9.33. The van der Waals surface area contributed by atoms with Crippen molar-refractivity contribution in [1.29, 1.82) is 0 Å². The van der Waals surface area contributed by atoms with Crippen LogP contribution in [0.25, 0.3) is 10.8 Å². The summed E-state index contributed by atoms with van der Waals surface area (Å²) < 4.78 is 5.15. The summed E-state index contributed by atoms with van der Waals surface area (Å²) >= 11 is 0. The number of carbonyl (C=O) groups excluding carboxylic acids is 1. The van der Waals surface area contributed by atoms with Crippen molar-refractivity contribution in [3.8, 4) is 5.75 Å². The van der Waals surface area contributed by atoms with E-state index < -0.39 is 0 Å². The van der Waals surface area contributed by atoms with Crippen molar-refractivity contribution >= 4 is 28.6 Å². The molecule has 0 heterocycles. The molecule has 0 bridgehead atoms. The van der Waals surface area contributed by atoms with Gasteiger partial charge in [0, 0.05) is 11.1 Å². The Balaban J connectivity index is 1.56. The number of nitrogens with one attached hydrogen (secondary N) is 2. The fraction of sp³-hybridized carbons (Fsp3) is 0.100.